The average Bonchev–Trinajstić information content (AvgIpc) is 3.18. The molecule has 3 N–H and O–H groups in total. The zero-order valence-electron chi connectivity index (χ0n) is 16.3. The molecule has 1 aromatic carbocycles. The van der Waals surface area contributed by atoms with Crippen LogP contribution in [-0.4, -0.2) is 40.0 Å². The van der Waals surface area contributed by atoms with Gasteiger partial charge in [-0.15, -0.1) is 0 Å². The number of halogens is 4. The van der Waals surface area contributed by atoms with Crippen molar-refractivity contribution in [2.45, 2.75) is 67.8 Å². The van der Waals surface area contributed by atoms with E-state index in [1.54, 1.807) is 6.07 Å². The average molecular weight is 444 g/mol. The third-order valence-corrected chi connectivity index (χ3v) is 7.08. The number of anilines is 1. The first-order valence-corrected chi connectivity index (χ1v) is 11.2. The molecule has 2 aliphatic rings. The third-order valence-electron chi connectivity index (χ3n) is 5.74. The molecule has 0 unspecified atom stereocenters. The Labute approximate surface area is 175 Å². The Morgan fingerprint density at radius 2 is 1.97 bits per heavy atom. The number of nitrogens with zero attached hydrogens (tertiary/aromatic N) is 1. The van der Waals surface area contributed by atoms with Gasteiger partial charge in [-0.25, -0.2) is 9.37 Å². The lowest BCUT2D eigenvalue weighted by Gasteiger charge is -2.31. The van der Waals surface area contributed by atoms with Gasteiger partial charge in [0.15, 0.2) is 0 Å². The molecule has 1 saturated carbocycles. The van der Waals surface area contributed by atoms with Crippen LogP contribution in [0.15, 0.2) is 16.9 Å². The molecule has 1 aliphatic carbocycles. The number of alkyl halides is 3. The van der Waals surface area contributed by atoms with E-state index in [1.165, 1.54) is 17.8 Å². The number of aromatic nitrogens is 2. The van der Waals surface area contributed by atoms with Crippen LogP contribution in [0.2, 0.25) is 0 Å². The normalized spacial score (nSPS) is 23.2. The fraction of sp³-hybridized carbons (Fsp3) is 0.600. The summed E-state index contributed by atoms with van der Waals surface area (Å²) in [6.45, 7) is 0.297. The lowest BCUT2D eigenvalue weighted by Crippen LogP contribution is -2.48. The van der Waals surface area contributed by atoms with Crippen molar-refractivity contribution in [2.24, 2.45) is 0 Å². The first kappa shape index (κ1) is 21.4. The fourth-order valence-electron chi connectivity index (χ4n) is 4.21. The molecule has 1 aromatic heterocycles. The minimum absolute atomic E-state index is 0.0178. The predicted molar refractivity (Wildman–Crippen MR) is 110 cm³/mol. The largest absolute Gasteiger partial charge is 0.403 e. The van der Waals surface area contributed by atoms with Crippen LogP contribution in [-0.2, 0) is 5.75 Å². The third kappa shape index (κ3) is 4.91. The number of H-pyrrole nitrogens is 1. The summed E-state index contributed by atoms with van der Waals surface area (Å²) in [5, 5.41) is 5.52. The molecule has 10 heteroatoms. The molecule has 0 bridgehead atoms. The minimum atomic E-state index is -4.27. The van der Waals surface area contributed by atoms with E-state index in [1.807, 2.05) is 0 Å². The molecule has 0 spiro atoms. The standard InChI is InChI=1S/C20H24F4N4OS/c21-14-7-12(26-11-3-1-2-4-11)8-15-18(14)19(29)28-17(27-15)10-30-13-5-6-25-16(9-13)20(22,23)24/h7-8,11,13,16,25-26H,1-6,9-10H2,(H,27,28,29)/t13-,16-/m0/s1. The zero-order valence-corrected chi connectivity index (χ0v) is 17.1. The number of hydrogen-bond acceptors (Lipinski definition) is 5. The number of rotatable bonds is 5. The summed E-state index contributed by atoms with van der Waals surface area (Å²) in [4.78, 5) is 19.4. The summed E-state index contributed by atoms with van der Waals surface area (Å²) < 4.78 is 53.4. The lowest BCUT2D eigenvalue weighted by atomic mass is 10.0. The molecule has 30 heavy (non-hydrogen) atoms. The van der Waals surface area contributed by atoms with Gasteiger partial charge in [0, 0.05) is 17.0 Å². The maximum atomic E-state index is 14.5. The highest BCUT2D eigenvalue weighted by Crippen LogP contribution is 2.32. The van der Waals surface area contributed by atoms with Crippen LogP contribution in [0.25, 0.3) is 10.9 Å². The van der Waals surface area contributed by atoms with Crippen LogP contribution in [0, 0.1) is 5.82 Å². The van der Waals surface area contributed by atoms with E-state index >= 15 is 0 Å². The van der Waals surface area contributed by atoms with Crippen LogP contribution in [0.3, 0.4) is 0 Å². The van der Waals surface area contributed by atoms with E-state index < -0.39 is 23.6 Å². The Bertz CT molecular complexity index is 958. The molecular weight excluding hydrogens is 420 g/mol. The topological polar surface area (TPSA) is 69.8 Å². The van der Waals surface area contributed by atoms with Crippen molar-refractivity contribution in [3.8, 4) is 0 Å². The molecule has 1 saturated heterocycles. The summed E-state index contributed by atoms with van der Waals surface area (Å²) in [5.41, 5.74) is 0.280. The van der Waals surface area contributed by atoms with Crippen LogP contribution < -0.4 is 16.2 Å². The molecule has 2 fully saturated rings. The van der Waals surface area contributed by atoms with Gasteiger partial charge in [-0.3, -0.25) is 4.79 Å². The van der Waals surface area contributed by atoms with Crippen molar-refractivity contribution < 1.29 is 17.6 Å². The minimum Gasteiger partial charge on any atom is -0.382 e. The summed E-state index contributed by atoms with van der Waals surface area (Å²) in [6, 6.07) is 1.77. The van der Waals surface area contributed by atoms with Crippen molar-refractivity contribution in [3.05, 3.63) is 34.1 Å². The van der Waals surface area contributed by atoms with Crippen molar-refractivity contribution in [1.29, 1.82) is 0 Å². The van der Waals surface area contributed by atoms with Crippen molar-refractivity contribution in [3.63, 3.8) is 0 Å². The second-order valence-corrected chi connectivity index (χ2v) is 9.28. The van der Waals surface area contributed by atoms with E-state index in [9.17, 15) is 22.4 Å². The van der Waals surface area contributed by atoms with E-state index in [0.717, 1.165) is 25.7 Å². The summed E-state index contributed by atoms with van der Waals surface area (Å²) >= 11 is 1.34. The first-order chi connectivity index (χ1) is 14.3. The van der Waals surface area contributed by atoms with Gasteiger partial charge in [0.05, 0.1) is 11.3 Å². The van der Waals surface area contributed by atoms with Gasteiger partial charge in [0.2, 0.25) is 0 Å². The van der Waals surface area contributed by atoms with E-state index in [0.29, 0.717) is 30.5 Å². The number of hydrogen-bond donors (Lipinski definition) is 3. The van der Waals surface area contributed by atoms with Crippen LogP contribution in [0.5, 0.6) is 0 Å². The number of aromatic amines is 1. The van der Waals surface area contributed by atoms with Crippen molar-refractivity contribution in [1.82, 2.24) is 15.3 Å². The molecular formula is C20H24F4N4OS. The van der Waals surface area contributed by atoms with Gasteiger partial charge in [-0.1, -0.05) is 12.8 Å². The van der Waals surface area contributed by atoms with Gasteiger partial charge in [-0.2, -0.15) is 24.9 Å². The maximum absolute atomic E-state index is 14.5. The number of piperidine rings is 1. The first-order valence-electron chi connectivity index (χ1n) is 10.2. The Morgan fingerprint density at radius 3 is 2.70 bits per heavy atom. The Balaban J connectivity index is 1.49. The zero-order chi connectivity index (χ0) is 21.3. The number of benzene rings is 1. The highest BCUT2D eigenvalue weighted by atomic mass is 32.2. The maximum Gasteiger partial charge on any atom is 0.403 e. The van der Waals surface area contributed by atoms with E-state index in [2.05, 4.69) is 20.6 Å². The lowest BCUT2D eigenvalue weighted by molar-refractivity contribution is -0.159. The molecule has 0 radical (unpaired) electrons. The van der Waals surface area contributed by atoms with Gasteiger partial charge >= 0.3 is 6.18 Å². The fourth-order valence-corrected chi connectivity index (χ4v) is 5.35. The predicted octanol–water partition coefficient (Wildman–Crippen LogP) is 4.33. The SMILES string of the molecule is O=c1[nH]c(CS[C@H]2CCN[C@H](C(F)(F)F)C2)nc2cc(NC3CCCC3)cc(F)c12. The molecule has 1 aliphatic heterocycles. The van der Waals surface area contributed by atoms with Gasteiger partial charge in [-0.05, 0) is 44.4 Å². The highest BCUT2D eigenvalue weighted by molar-refractivity contribution is 7.99. The molecule has 2 aromatic rings. The summed E-state index contributed by atoms with van der Waals surface area (Å²) in [7, 11) is 0. The smallest absolute Gasteiger partial charge is 0.382 e. The second kappa shape index (κ2) is 8.74. The summed E-state index contributed by atoms with van der Waals surface area (Å²) in [5.74, 6) is -0.0215. The number of nitrogens with one attached hydrogen (secondary N) is 3. The van der Waals surface area contributed by atoms with Crippen molar-refractivity contribution >= 4 is 28.4 Å². The van der Waals surface area contributed by atoms with Crippen LogP contribution in [0.4, 0.5) is 23.2 Å². The quantitative estimate of drug-likeness (QED) is 0.599. The van der Waals surface area contributed by atoms with Crippen molar-refractivity contribution in [2.75, 3.05) is 11.9 Å². The van der Waals surface area contributed by atoms with Gasteiger partial charge < -0.3 is 15.6 Å². The molecule has 164 valence electrons. The van der Waals surface area contributed by atoms with Gasteiger partial charge in [0.25, 0.3) is 5.56 Å². The molecule has 4 rings (SSSR count). The van der Waals surface area contributed by atoms with Gasteiger partial charge in [0.1, 0.15) is 23.1 Å². The van der Waals surface area contributed by atoms with E-state index in [-0.39, 0.29) is 28.3 Å². The summed E-state index contributed by atoms with van der Waals surface area (Å²) in [6.07, 6.45) is 0.654. The number of thioether (sulfide) groups is 1. The molecule has 2 atom stereocenters. The van der Waals surface area contributed by atoms with E-state index in [4.69, 9.17) is 0 Å². The van der Waals surface area contributed by atoms with Crippen LogP contribution >= 0.6 is 11.8 Å². The molecule has 2 heterocycles. The Kier molecular flexibility index (Phi) is 6.24. The molecule has 0 amide bonds. The number of fused-ring (bicyclic) bond motifs is 1. The molecule has 5 nitrogen and oxygen atoms in total. The second-order valence-electron chi connectivity index (χ2n) is 8.00. The Morgan fingerprint density at radius 1 is 1.20 bits per heavy atom. The Hall–Kier alpha value is -1.81. The monoisotopic (exact) mass is 444 g/mol. The van der Waals surface area contributed by atoms with Crippen LogP contribution in [0.1, 0.15) is 44.3 Å². The highest BCUT2D eigenvalue weighted by Gasteiger charge is 2.42.